The molecule has 0 aromatic heterocycles. The summed E-state index contributed by atoms with van der Waals surface area (Å²) < 4.78 is -0.704. The highest BCUT2D eigenvalue weighted by Crippen LogP contribution is 2.48. The van der Waals surface area contributed by atoms with Gasteiger partial charge in [-0.1, -0.05) is 48.0 Å². The molecule has 5 nitrogen and oxygen atoms in total. The first-order valence-electron chi connectivity index (χ1n) is 7.66. The van der Waals surface area contributed by atoms with Crippen molar-refractivity contribution in [2.75, 3.05) is 0 Å². The van der Waals surface area contributed by atoms with Crippen LogP contribution in [0.1, 0.15) is 24.5 Å². The fourth-order valence-corrected chi connectivity index (χ4v) is 4.10. The average Bonchev–Trinajstić information content (AvgIpc) is 2.80. The number of carbonyl (C=O) groups excluding carboxylic acids is 1. The van der Waals surface area contributed by atoms with Gasteiger partial charge in [0.25, 0.3) is 0 Å². The van der Waals surface area contributed by atoms with Gasteiger partial charge in [0.2, 0.25) is 10.8 Å². The van der Waals surface area contributed by atoms with E-state index < -0.39 is 15.5 Å². The van der Waals surface area contributed by atoms with Gasteiger partial charge < -0.3 is 5.73 Å². The van der Waals surface area contributed by atoms with Crippen molar-refractivity contribution in [3.63, 3.8) is 0 Å². The van der Waals surface area contributed by atoms with Crippen molar-refractivity contribution in [1.82, 2.24) is 4.76 Å². The Morgan fingerprint density at radius 1 is 1.21 bits per heavy atom. The highest BCUT2D eigenvalue weighted by Gasteiger charge is 2.58. The first kappa shape index (κ1) is 16.7. The highest BCUT2D eigenvalue weighted by atomic mass is 32.2. The smallest absolute Gasteiger partial charge is 0.224 e. The van der Waals surface area contributed by atoms with E-state index in [0.717, 1.165) is 11.1 Å². The standard InChI is InChI=1S/C18H19N3O2S/c1-13-8-10-14(11-9-13)17-20-21(23,15-6-4-3-5-7-15)18(2,24-17)12-16(19)22/h3-11,23H,12H2,1-2H3,(H-,19,22)/p+1. The summed E-state index contributed by atoms with van der Waals surface area (Å²) in [4.78, 5) is 10.7. The molecule has 2 unspecified atom stereocenters. The van der Waals surface area contributed by atoms with Crippen LogP contribution in [0.4, 0.5) is 5.69 Å². The second kappa shape index (κ2) is 6.05. The van der Waals surface area contributed by atoms with Gasteiger partial charge >= 0.3 is 0 Å². The van der Waals surface area contributed by atoms with Gasteiger partial charge in [-0.3, -0.25) is 4.79 Å². The molecule has 0 saturated carbocycles. The Balaban J connectivity index is 2.10. The molecule has 2 atom stereocenters. The van der Waals surface area contributed by atoms with E-state index in [1.807, 2.05) is 49.4 Å². The minimum absolute atomic E-state index is 0.00191. The Labute approximate surface area is 145 Å². The number of aryl methyl sites for hydroxylation is 1. The van der Waals surface area contributed by atoms with Gasteiger partial charge in [0.05, 0.1) is 6.42 Å². The number of amides is 1. The van der Waals surface area contributed by atoms with E-state index in [1.165, 1.54) is 11.8 Å². The Kier molecular flexibility index (Phi) is 4.21. The summed E-state index contributed by atoms with van der Waals surface area (Å²) in [7, 11) is 0. The first-order chi connectivity index (χ1) is 11.3. The van der Waals surface area contributed by atoms with Crippen molar-refractivity contribution in [3.8, 4) is 0 Å². The third-order valence-corrected chi connectivity index (χ3v) is 5.48. The number of carbonyl (C=O) groups is 1. The molecular weight excluding hydrogens is 322 g/mol. The topological polar surface area (TPSA) is 75.7 Å². The van der Waals surface area contributed by atoms with Gasteiger partial charge in [0.1, 0.15) is 0 Å². The van der Waals surface area contributed by atoms with E-state index in [1.54, 1.807) is 19.1 Å². The van der Waals surface area contributed by atoms with Crippen LogP contribution in [0.5, 0.6) is 0 Å². The Morgan fingerprint density at radius 2 is 1.83 bits per heavy atom. The molecule has 2 aromatic rings. The molecule has 0 spiro atoms. The number of thioether (sulfide) groups is 1. The number of nitrogens with zero attached hydrogens (tertiary/aromatic N) is 2. The summed E-state index contributed by atoms with van der Waals surface area (Å²) in [6, 6.07) is 17.0. The number of para-hydroxylation sites is 1. The molecule has 3 rings (SSSR count). The maximum atomic E-state index is 11.6. The molecule has 124 valence electrons. The summed E-state index contributed by atoms with van der Waals surface area (Å²) in [5.41, 5.74) is 8.09. The molecule has 1 heterocycles. The second-order valence-electron chi connectivity index (χ2n) is 6.13. The molecule has 24 heavy (non-hydrogen) atoms. The lowest BCUT2D eigenvalue weighted by Crippen LogP contribution is -2.55. The van der Waals surface area contributed by atoms with Crippen molar-refractivity contribution in [2.24, 2.45) is 10.8 Å². The van der Waals surface area contributed by atoms with Crippen LogP contribution in [-0.2, 0) is 4.79 Å². The second-order valence-corrected chi connectivity index (χ2v) is 7.60. The number of hydroxylamine groups is 1. The van der Waals surface area contributed by atoms with E-state index in [4.69, 9.17) is 5.73 Å². The number of primary amides is 1. The van der Waals surface area contributed by atoms with Gasteiger partial charge in [-0.15, -0.1) is 0 Å². The van der Waals surface area contributed by atoms with Crippen LogP contribution in [-0.4, -0.2) is 21.0 Å². The van der Waals surface area contributed by atoms with Crippen molar-refractivity contribution >= 4 is 28.4 Å². The summed E-state index contributed by atoms with van der Waals surface area (Å²) in [6.45, 7) is 3.82. The average molecular weight is 342 g/mol. The van der Waals surface area contributed by atoms with E-state index in [2.05, 4.69) is 5.10 Å². The summed E-state index contributed by atoms with van der Waals surface area (Å²) in [5.74, 6) is -0.474. The Morgan fingerprint density at radius 3 is 2.42 bits per heavy atom. The van der Waals surface area contributed by atoms with Gasteiger partial charge in [-0.25, -0.2) is 0 Å². The molecule has 1 amide bonds. The third-order valence-electron chi connectivity index (χ3n) is 4.13. The van der Waals surface area contributed by atoms with Crippen molar-refractivity contribution < 1.29 is 10.0 Å². The van der Waals surface area contributed by atoms with E-state index in [9.17, 15) is 10.0 Å². The van der Waals surface area contributed by atoms with Crippen molar-refractivity contribution in [2.45, 2.75) is 25.1 Å². The molecule has 1 aliphatic heterocycles. The molecule has 1 aliphatic rings. The van der Waals surface area contributed by atoms with Crippen LogP contribution in [0.2, 0.25) is 0 Å². The molecule has 0 fully saturated rings. The maximum Gasteiger partial charge on any atom is 0.224 e. The predicted octanol–water partition coefficient (Wildman–Crippen LogP) is 3.39. The quantitative estimate of drug-likeness (QED) is 0.836. The molecule has 0 aliphatic carbocycles. The van der Waals surface area contributed by atoms with Crippen LogP contribution in [0, 0.1) is 6.92 Å². The van der Waals surface area contributed by atoms with Crippen LogP contribution in [0.25, 0.3) is 0 Å². The fourth-order valence-electron chi connectivity index (χ4n) is 2.78. The maximum absolute atomic E-state index is 11.6. The minimum Gasteiger partial charge on any atom is -0.369 e. The molecule has 2 aromatic carbocycles. The number of hydrogen-bond donors (Lipinski definition) is 2. The van der Waals surface area contributed by atoms with Crippen LogP contribution in [0.15, 0.2) is 59.7 Å². The van der Waals surface area contributed by atoms with E-state index >= 15 is 0 Å². The van der Waals surface area contributed by atoms with Crippen molar-refractivity contribution in [3.05, 3.63) is 65.7 Å². The molecule has 6 heteroatoms. The zero-order valence-corrected chi connectivity index (χ0v) is 14.5. The lowest BCUT2D eigenvalue weighted by Gasteiger charge is -2.33. The lowest BCUT2D eigenvalue weighted by atomic mass is 10.1. The largest absolute Gasteiger partial charge is 0.369 e. The summed E-state index contributed by atoms with van der Waals surface area (Å²) >= 11 is 1.37. The SMILES string of the molecule is Cc1ccc(C2=N[N+](O)(c3ccccc3)C(C)(CC(N)=O)S2)cc1. The Hall–Kier alpha value is -2.15. The van der Waals surface area contributed by atoms with Gasteiger partial charge in [0, 0.05) is 24.6 Å². The van der Waals surface area contributed by atoms with E-state index in [-0.39, 0.29) is 6.42 Å². The first-order valence-corrected chi connectivity index (χ1v) is 8.48. The molecule has 0 bridgehead atoms. The van der Waals surface area contributed by atoms with Gasteiger partial charge in [0.15, 0.2) is 10.7 Å². The number of quaternary nitrogens is 1. The summed E-state index contributed by atoms with van der Waals surface area (Å²) in [6.07, 6.45) is 0.00191. The minimum atomic E-state index is -0.923. The highest BCUT2D eigenvalue weighted by molar-refractivity contribution is 8.15. The zero-order chi connectivity index (χ0) is 17.4. The van der Waals surface area contributed by atoms with Crippen LogP contribution >= 0.6 is 11.8 Å². The van der Waals surface area contributed by atoms with Gasteiger partial charge in [-0.2, -0.15) is 5.21 Å². The normalized spacial score (nSPS) is 26.2. The third kappa shape index (κ3) is 2.84. The number of hydrogen-bond acceptors (Lipinski definition) is 4. The summed E-state index contributed by atoms with van der Waals surface area (Å²) in [5, 5.41) is 16.6. The molecule has 0 saturated heterocycles. The molecule has 0 radical (unpaired) electrons. The van der Waals surface area contributed by atoms with Crippen LogP contribution < -0.4 is 10.5 Å². The Bertz CT molecular complexity index is 792. The number of rotatable bonds is 4. The number of benzene rings is 2. The molecule has 3 N–H and O–H groups in total. The van der Waals surface area contributed by atoms with Gasteiger partial charge in [-0.05, 0) is 28.5 Å². The van der Waals surface area contributed by atoms with Crippen molar-refractivity contribution in [1.29, 1.82) is 0 Å². The van der Waals surface area contributed by atoms with E-state index in [0.29, 0.717) is 10.7 Å². The fraction of sp³-hybridized carbons (Fsp3) is 0.222. The van der Waals surface area contributed by atoms with Crippen LogP contribution in [0.3, 0.4) is 0 Å². The zero-order valence-electron chi connectivity index (χ0n) is 13.6. The number of nitrogens with two attached hydrogens (primary N) is 1. The lowest BCUT2D eigenvalue weighted by molar-refractivity contribution is -0.136. The predicted molar refractivity (Wildman–Crippen MR) is 97.5 cm³/mol. The monoisotopic (exact) mass is 342 g/mol. The molecular formula is C18H20N3O2S+.